The molecule has 4 aromatic rings. The second-order valence-electron chi connectivity index (χ2n) is 6.73. The average Bonchev–Trinajstić information content (AvgIpc) is 3.35. The van der Waals surface area contributed by atoms with E-state index in [1.165, 1.54) is 5.56 Å². The van der Waals surface area contributed by atoms with E-state index in [0.717, 1.165) is 39.4 Å². The molecule has 0 spiro atoms. The number of thiazole rings is 1. The molecule has 0 aliphatic heterocycles. The van der Waals surface area contributed by atoms with Crippen LogP contribution in [0.3, 0.4) is 0 Å². The van der Waals surface area contributed by atoms with Gasteiger partial charge in [0.25, 0.3) is 0 Å². The van der Waals surface area contributed by atoms with Crippen LogP contribution in [-0.2, 0) is 0 Å². The van der Waals surface area contributed by atoms with Crippen LogP contribution in [0.5, 0.6) is 0 Å². The Bertz CT molecular complexity index is 1060. The third-order valence-electron chi connectivity index (χ3n) is 4.70. The maximum absolute atomic E-state index is 5.24. The standard InChI is InChI=1S/C21H22N4OS/c1-13-10-18(16(4)25(13)20-11-14(2)26-24-20)19-12-27-21(23-19)22-15(3)17-8-6-5-7-9-17/h5-12,15H,1-4H3,(H,22,23)/t15-/m0/s1. The molecule has 0 aliphatic carbocycles. The molecule has 5 nitrogen and oxygen atoms in total. The van der Waals surface area contributed by atoms with Gasteiger partial charge in [0, 0.05) is 28.4 Å². The predicted octanol–water partition coefficient (Wildman–Crippen LogP) is 5.69. The number of anilines is 1. The zero-order valence-corrected chi connectivity index (χ0v) is 16.7. The second-order valence-corrected chi connectivity index (χ2v) is 7.59. The lowest BCUT2D eigenvalue weighted by Crippen LogP contribution is -2.05. The van der Waals surface area contributed by atoms with Crippen LogP contribution in [0.15, 0.2) is 52.4 Å². The van der Waals surface area contributed by atoms with E-state index < -0.39 is 0 Å². The summed E-state index contributed by atoms with van der Waals surface area (Å²) in [7, 11) is 0. The number of benzene rings is 1. The molecule has 0 fully saturated rings. The third kappa shape index (κ3) is 3.40. The fourth-order valence-electron chi connectivity index (χ4n) is 3.31. The largest absolute Gasteiger partial charge is 0.360 e. The minimum atomic E-state index is 0.204. The number of hydrogen-bond donors (Lipinski definition) is 1. The van der Waals surface area contributed by atoms with Crippen molar-refractivity contribution in [3.05, 3.63) is 70.6 Å². The van der Waals surface area contributed by atoms with Crippen LogP contribution in [-0.4, -0.2) is 14.7 Å². The summed E-state index contributed by atoms with van der Waals surface area (Å²) in [6.45, 7) is 8.21. The molecule has 0 aliphatic rings. The Hall–Kier alpha value is -2.86. The molecule has 0 saturated carbocycles. The van der Waals surface area contributed by atoms with E-state index in [-0.39, 0.29) is 6.04 Å². The van der Waals surface area contributed by atoms with E-state index in [4.69, 9.17) is 9.51 Å². The molecule has 27 heavy (non-hydrogen) atoms. The number of aryl methyl sites for hydroxylation is 2. The Kier molecular flexibility index (Phi) is 4.58. The topological polar surface area (TPSA) is 55.9 Å². The fraction of sp³-hybridized carbons (Fsp3) is 0.238. The maximum Gasteiger partial charge on any atom is 0.183 e. The molecule has 6 heteroatoms. The van der Waals surface area contributed by atoms with E-state index in [1.54, 1.807) is 11.3 Å². The fourth-order valence-corrected chi connectivity index (χ4v) is 4.11. The lowest BCUT2D eigenvalue weighted by Gasteiger charge is -2.12. The molecule has 0 bridgehead atoms. The predicted molar refractivity (Wildman–Crippen MR) is 110 cm³/mol. The molecule has 3 aromatic heterocycles. The van der Waals surface area contributed by atoms with Crippen LogP contribution >= 0.6 is 11.3 Å². The highest BCUT2D eigenvalue weighted by Crippen LogP contribution is 2.32. The summed E-state index contributed by atoms with van der Waals surface area (Å²) in [5.41, 5.74) is 5.55. The Morgan fingerprint density at radius 2 is 1.89 bits per heavy atom. The van der Waals surface area contributed by atoms with Gasteiger partial charge in [-0.15, -0.1) is 11.3 Å². The van der Waals surface area contributed by atoms with Crippen molar-refractivity contribution in [2.24, 2.45) is 0 Å². The zero-order chi connectivity index (χ0) is 19.0. The van der Waals surface area contributed by atoms with Crippen molar-refractivity contribution in [1.82, 2.24) is 14.7 Å². The third-order valence-corrected chi connectivity index (χ3v) is 5.47. The number of hydrogen-bond acceptors (Lipinski definition) is 5. The van der Waals surface area contributed by atoms with Gasteiger partial charge in [-0.25, -0.2) is 4.98 Å². The van der Waals surface area contributed by atoms with Gasteiger partial charge in [0.1, 0.15) is 5.76 Å². The van der Waals surface area contributed by atoms with Gasteiger partial charge in [-0.1, -0.05) is 35.5 Å². The van der Waals surface area contributed by atoms with Crippen molar-refractivity contribution >= 4 is 16.5 Å². The highest BCUT2D eigenvalue weighted by molar-refractivity contribution is 7.14. The highest BCUT2D eigenvalue weighted by atomic mass is 32.1. The second kappa shape index (κ2) is 7.04. The van der Waals surface area contributed by atoms with Crippen molar-refractivity contribution in [1.29, 1.82) is 0 Å². The van der Waals surface area contributed by atoms with E-state index in [2.05, 4.69) is 71.5 Å². The summed E-state index contributed by atoms with van der Waals surface area (Å²) in [4.78, 5) is 4.81. The van der Waals surface area contributed by atoms with Crippen LogP contribution in [0.4, 0.5) is 5.13 Å². The number of nitrogens with zero attached hydrogens (tertiary/aromatic N) is 3. The van der Waals surface area contributed by atoms with Gasteiger partial charge in [-0.2, -0.15) is 0 Å². The first-order valence-corrected chi connectivity index (χ1v) is 9.81. The minimum Gasteiger partial charge on any atom is -0.360 e. The Labute approximate surface area is 162 Å². The minimum absolute atomic E-state index is 0.204. The van der Waals surface area contributed by atoms with E-state index in [0.29, 0.717) is 0 Å². The normalized spacial score (nSPS) is 12.3. The smallest absolute Gasteiger partial charge is 0.183 e. The molecule has 0 unspecified atom stereocenters. The first kappa shape index (κ1) is 17.5. The van der Waals surface area contributed by atoms with Crippen LogP contribution in [0.1, 0.15) is 35.7 Å². The van der Waals surface area contributed by atoms with Crippen LogP contribution in [0.25, 0.3) is 17.1 Å². The van der Waals surface area contributed by atoms with Gasteiger partial charge >= 0.3 is 0 Å². The first-order valence-electron chi connectivity index (χ1n) is 8.93. The lowest BCUT2D eigenvalue weighted by molar-refractivity contribution is 0.394. The number of nitrogens with one attached hydrogen (secondary N) is 1. The number of rotatable bonds is 5. The van der Waals surface area contributed by atoms with E-state index in [9.17, 15) is 0 Å². The summed E-state index contributed by atoms with van der Waals surface area (Å²) in [6, 6.07) is 14.7. The Morgan fingerprint density at radius 1 is 1.11 bits per heavy atom. The molecule has 4 rings (SSSR count). The van der Waals surface area contributed by atoms with Gasteiger partial charge < -0.3 is 9.84 Å². The van der Waals surface area contributed by atoms with Crippen molar-refractivity contribution < 1.29 is 4.52 Å². The van der Waals surface area contributed by atoms with Gasteiger partial charge in [-0.3, -0.25) is 4.57 Å². The van der Waals surface area contributed by atoms with Crippen molar-refractivity contribution in [3.63, 3.8) is 0 Å². The summed E-state index contributed by atoms with van der Waals surface area (Å²) < 4.78 is 7.34. The zero-order valence-electron chi connectivity index (χ0n) is 15.9. The molecule has 0 amide bonds. The average molecular weight is 379 g/mol. The van der Waals surface area contributed by atoms with Crippen molar-refractivity contribution in [2.45, 2.75) is 33.7 Å². The van der Waals surface area contributed by atoms with Crippen LogP contribution in [0.2, 0.25) is 0 Å². The van der Waals surface area contributed by atoms with Gasteiger partial charge in [-0.05, 0) is 39.3 Å². The van der Waals surface area contributed by atoms with E-state index in [1.807, 2.05) is 19.1 Å². The summed E-state index contributed by atoms with van der Waals surface area (Å²) in [6.07, 6.45) is 0. The Morgan fingerprint density at radius 3 is 2.59 bits per heavy atom. The molecule has 1 aromatic carbocycles. The van der Waals surface area contributed by atoms with Gasteiger partial charge in [0.15, 0.2) is 10.9 Å². The van der Waals surface area contributed by atoms with Crippen LogP contribution in [0, 0.1) is 20.8 Å². The molecular formula is C21H22N4OS. The molecule has 1 atom stereocenters. The molecule has 138 valence electrons. The summed E-state index contributed by atoms with van der Waals surface area (Å²) in [5.74, 6) is 1.61. The molecule has 0 radical (unpaired) electrons. The highest BCUT2D eigenvalue weighted by Gasteiger charge is 2.17. The van der Waals surface area contributed by atoms with Crippen molar-refractivity contribution in [3.8, 4) is 17.1 Å². The quantitative estimate of drug-likeness (QED) is 0.485. The first-order chi connectivity index (χ1) is 13.0. The van der Waals surface area contributed by atoms with Gasteiger partial charge in [0.2, 0.25) is 0 Å². The monoisotopic (exact) mass is 378 g/mol. The van der Waals surface area contributed by atoms with Crippen molar-refractivity contribution in [2.75, 3.05) is 5.32 Å². The SMILES string of the molecule is Cc1cc(-n2c(C)cc(-c3csc(N[C@@H](C)c4ccccc4)n3)c2C)no1. The molecule has 0 saturated heterocycles. The molecule has 3 heterocycles. The van der Waals surface area contributed by atoms with E-state index >= 15 is 0 Å². The summed E-state index contributed by atoms with van der Waals surface area (Å²) >= 11 is 1.63. The van der Waals surface area contributed by atoms with Gasteiger partial charge in [0.05, 0.1) is 11.7 Å². The summed E-state index contributed by atoms with van der Waals surface area (Å²) in [5, 5.41) is 10.7. The lowest BCUT2D eigenvalue weighted by atomic mass is 10.1. The number of aromatic nitrogens is 3. The molecular weight excluding hydrogens is 356 g/mol. The Balaban J connectivity index is 1.60. The maximum atomic E-state index is 5.24. The van der Waals surface area contributed by atoms with Crippen LogP contribution < -0.4 is 5.32 Å². The molecule has 1 N–H and O–H groups in total.